The van der Waals surface area contributed by atoms with Crippen molar-refractivity contribution in [2.75, 3.05) is 28.8 Å². The fourth-order valence-electron chi connectivity index (χ4n) is 4.14. The predicted molar refractivity (Wildman–Crippen MR) is 161 cm³/mol. The molecule has 3 aromatic rings. The zero-order valence-electron chi connectivity index (χ0n) is 23.9. The zero-order valence-corrected chi connectivity index (χ0v) is 23.9. The smallest absolute Gasteiger partial charge is 0.320 e. The molecule has 1 aromatic heterocycles. The zero-order chi connectivity index (χ0) is 28.8. The van der Waals surface area contributed by atoms with E-state index in [2.05, 4.69) is 41.7 Å². The Kier molecular flexibility index (Phi) is 8.94. The van der Waals surface area contributed by atoms with Crippen LogP contribution in [0.15, 0.2) is 78.2 Å². The van der Waals surface area contributed by atoms with Crippen LogP contribution in [0.1, 0.15) is 47.5 Å². The average Bonchev–Trinajstić information content (AvgIpc) is 3.35. The summed E-state index contributed by atoms with van der Waals surface area (Å²) in [5.41, 5.74) is 3.32. The van der Waals surface area contributed by atoms with E-state index in [1.807, 2.05) is 43.1 Å². The number of pyridine rings is 1. The number of hydrogen-bond donors (Lipinski definition) is 4. The number of urea groups is 1. The molecule has 0 fully saturated rings. The molecule has 4 rings (SSSR count). The number of aliphatic hydroxyl groups excluding tert-OH is 1. The molecule has 1 atom stereocenters. The molecule has 40 heavy (non-hydrogen) atoms. The summed E-state index contributed by atoms with van der Waals surface area (Å²) in [5.74, 6) is 1.36. The standard InChI is InChI=1S/C31H40N6O3/c1-30(2,3)27-20-28(37(36-27)24-10-6-22(7-11-24)33-19-16-31(4,5)21-38)35-29(39)34-23-8-12-25(13-9-23)40-26-14-17-32-18-15-26/h6-15,17-18,28,33,38H,16,19-21H2,1-5H3,(H2,34,35,39). The van der Waals surface area contributed by atoms with Gasteiger partial charge >= 0.3 is 6.03 Å². The third-order valence-electron chi connectivity index (χ3n) is 6.76. The van der Waals surface area contributed by atoms with Gasteiger partial charge in [-0.15, -0.1) is 0 Å². The van der Waals surface area contributed by atoms with Crippen molar-refractivity contribution < 1.29 is 14.6 Å². The Bertz CT molecular complexity index is 1290. The van der Waals surface area contributed by atoms with Gasteiger partial charge in [-0.1, -0.05) is 34.6 Å². The van der Waals surface area contributed by atoms with Crippen LogP contribution in [0.4, 0.5) is 21.9 Å². The summed E-state index contributed by atoms with van der Waals surface area (Å²) in [6, 6.07) is 18.5. The van der Waals surface area contributed by atoms with E-state index in [1.165, 1.54) is 0 Å². The van der Waals surface area contributed by atoms with E-state index < -0.39 is 0 Å². The van der Waals surface area contributed by atoms with E-state index >= 15 is 0 Å². The lowest BCUT2D eigenvalue weighted by Gasteiger charge is -2.25. The first-order valence-corrected chi connectivity index (χ1v) is 13.6. The summed E-state index contributed by atoms with van der Waals surface area (Å²) in [5, 5.41) is 25.7. The molecule has 0 bridgehead atoms. The maximum atomic E-state index is 13.0. The van der Waals surface area contributed by atoms with Gasteiger partial charge in [-0.05, 0) is 72.5 Å². The Morgan fingerprint density at radius 2 is 1.57 bits per heavy atom. The summed E-state index contributed by atoms with van der Waals surface area (Å²) >= 11 is 0. The van der Waals surface area contributed by atoms with Crippen molar-refractivity contribution in [1.82, 2.24) is 10.3 Å². The summed E-state index contributed by atoms with van der Waals surface area (Å²) in [6.07, 6.45) is 4.49. The number of benzene rings is 2. The molecule has 0 aliphatic carbocycles. The van der Waals surface area contributed by atoms with Crippen LogP contribution in [0.5, 0.6) is 11.5 Å². The molecule has 9 nitrogen and oxygen atoms in total. The molecule has 9 heteroatoms. The van der Waals surface area contributed by atoms with Crippen LogP contribution in [0.25, 0.3) is 0 Å². The van der Waals surface area contributed by atoms with E-state index in [1.54, 1.807) is 48.8 Å². The molecule has 1 aliphatic heterocycles. The van der Waals surface area contributed by atoms with Gasteiger partial charge in [-0.2, -0.15) is 5.10 Å². The second-order valence-electron chi connectivity index (χ2n) is 11.8. The highest BCUT2D eigenvalue weighted by atomic mass is 16.5. The molecular weight excluding hydrogens is 504 g/mol. The lowest BCUT2D eigenvalue weighted by molar-refractivity contribution is 0.154. The van der Waals surface area contributed by atoms with Gasteiger partial charge in [0.05, 0.1) is 5.69 Å². The molecular formula is C31H40N6O3. The number of carbonyl (C=O) groups excluding carboxylic acids is 1. The van der Waals surface area contributed by atoms with Gasteiger partial charge in [0, 0.05) is 54.5 Å². The van der Waals surface area contributed by atoms with Gasteiger partial charge in [0.2, 0.25) is 0 Å². The summed E-state index contributed by atoms with van der Waals surface area (Å²) in [7, 11) is 0. The van der Waals surface area contributed by atoms with Gasteiger partial charge in [-0.25, -0.2) is 9.80 Å². The van der Waals surface area contributed by atoms with Crippen LogP contribution in [0.2, 0.25) is 0 Å². The molecule has 1 aliphatic rings. The minimum absolute atomic E-state index is 0.115. The SMILES string of the molecule is CC(C)(CO)CCNc1ccc(N2N=C(C(C)(C)C)CC2NC(=O)Nc2ccc(Oc3ccncc3)cc2)cc1. The number of ether oxygens (including phenoxy) is 1. The molecule has 0 radical (unpaired) electrons. The van der Waals surface area contributed by atoms with Crippen LogP contribution in [0.3, 0.4) is 0 Å². The summed E-state index contributed by atoms with van der Waals surface area (Å²) in [6.45, 7) is 11.4. The first kappa shape index (κ1) is 28.9. The monoisotopic (exact) mass is 544 g/mol. The second-order valence-corrected chi connectivity index (χ2v) is 11.8. The second kappa shape index (κ2) is 12.4. The van der Waals surface area contributed by atoms with Crippen molar-refractivity contribution in [3.63, 3.8) is 0 Å². The number of aliphatic hydroxyl groups is 1. The van der Waals surface area contributed by atoms with Crippen LogP contribution in [-0.4, -0.2) is 41.2 Å². The van der Waals surface area contributed by atoms with Crippen LogP contribution < -0.4 is 25.7 Å². The Balaban J connectivity index is 1.38. The Morgan fingerprint density at radius 1 is 0.950 bits per heavy atom. The van der Waals surface area contributed by atoms with Gasteiger partial charge in [0.1, 0.15) is 17.7 Å². The maximum absolute atomic E-state index is 13.0. The molecule has 1 unspecified atom stereocenters. The van der Waals surface area contributed by atoms with E-state index in [-0.39, 0.29) is 29.6 Å². The lowest BCUT2D eigenvalue weighted by Crippen LogP contribution is -2.45. The van der Waals surface area contributed by atoms with Crippen molar-refractivity contribution >= 4 is 28.8 Å². The highest BCUT2D eigenvalue weighted by molar-refractivity contribution is 5.95. The third-order valence-corrected chi connectivity index (χ3v) is 6.76. The Hall–Kier alpha value is -4.11. The minimum Gasteiger partial charge on any atom is -0.457 e. The predicted octanol–water partition coefficient (Wildman–Crippen LogP) is 6.45. The first-order chi connectivity index (χ1) is 19.0. The van der Waals surface area contributed by atoms with E-state index in [9.17, 15) is 9.90 Å². The van der Waals surface area contributed by atoms with Crippen LogP contribution in [-0.2, 0) is 0 Å². The van der Waals surface area contributed by atoms with E-state index in [0.29, 0.717) is 23.6 Å². The van der Waals surface area contributed by atoms with Crippen molar-refractivity contribution in [3.05, 3.63) is 73.1 Å². The van der Waals surface area contributed by atoms with Crippen molar-refractivity contribution in [3.8, 4) is 11.5 Å². The molecule has 212 valence electrons. The largest absolute Gasteiger partial charge is 0.457 e. The minimum atomic E-state index is -0.326. The van der Waals surface area contributed by atoms with Gasteiger partial charge in [-0.3, -0.25) is 4.98 Å². The van der Waals surface area contributed by atoms with Crippen LogP contribution >= 0.6 is 0 Å². The quantitative estimate of drug-likeness (QED) is 0.233. The number of nitrogens with one attached hydrogen (secondary N) is 3. The van der Waals surface area contributed by atoms with Gasteiger partial charge in [0.25, 0.3) is 0 Å². The fourth-order valence-corrected chi connectivity index (χ4v) is 4.14. The number of anilines is 3. The maximum Gasteiger partial charge on any atom is 0.320 e. The average molecular weight is 545 g/mol. The first-order valence-electron chi connectivity index (χ1n) is 13.6. The summed E-state index contributed by atoms with van der Waals surface area (Å²) in [4.78, 5) is 17.0. The Morgan fingerprint density at radius 3 is 2.20 bits per heavy atom. The molecule has 2 amide bonds. The number of hydrazone groups is 1. The van der Waals surface area contributed by atoms with Crippen molar-refractivity contribution in [1.29, 1.82) is 0 Å². The summed E-state index contributed by atoms with van der Waals surface area (Å²) < 4.78 is 5.80. The molecule has 2 aromatic carbocycles. The van der Waals surface area contributed by atoms with Gasteiger partial charge < -0.3 is 25.8 Å². The number of rotatable bonds is 10. The normalized spacial score (nSPS) is 15.4. The molecule has 4 N–H and O–H groups in total. The van der Waals surface area contributed by atoms with Crippen molar-refractivity contribution in [2.24, 2.45) is 15.9 Å². The molecule has 0 spiro atoms. The van der Waals surface area contributed by atoms with E-state index in [0.717, 1.165) is 30.1 Å². The van der Waals surface area contributed by atoms with Crippen molar-refractivity contribution in [2.45, 2.75) is 53.6 Å². The number of aromatic nitrogens is 1. The number of hydrogen-bond acceptors (Lipinski definition) is 7. The topological polar surface area (TPSA) is 111 Å². The lowest BCUT2D eigenvalue weighted by atomic mass is 9.88. The molecule has 0 saturated heterocycles. The highest BCUT2D eigenvalue weighted by Gasteiger charge is 2.34. The third kappa shape index (κ3) is 7.95. The van der Waals surface area contributed by atoms with Crippen LogP contribution in [0, 0.1) is 10.8 Å². The highest BCUT2D eigenvalue weighted by Crippen LogP contribution is 2.31. The Labute approximate surface area is 236 Å². The molecule has 2 heterocycles. The van der Waals surface area contributed by atoms with Gasteiger partial charge in [0.15, 0.2) is 0 Å². The number of carbonyl (C=O) groups is 1. The number of amides is 2. The van der Waals surface area contributed by atoms with E-state index in [4.69, 9.17) is 9.84 Å². The molecule has 0 saturated carbocycles. The fraction of sp³-hybridized carbons (Fsp3) is 0.387. The number of nitrogens with zero attached hydrogens (tertiary/aromatic N) is 3.